The lowest BCUT2D eigenvalue weighted by Crippen LogP contribution is -2.59. The highest BCUT2D eigenvalue weighted by Crippen LogP contribution is 2.55. The van der Waals surface area contributed by atoms with Crippen molar-refractivity contribution in [2.75, 3.05) is 6.54 Å². The number of hydrogen-bond donors (Lipinski definition) is 1. The summed E-state index contributed by atoms with van der Waals surface area (Å²) in [5, 5.41) is 5.47. The summed E-state index contributed by atoms with van der Waals surface area (Å²) >= 11 is 0. The van der Waals surface area contributed by atoms with Crippen LogP contribution in [-0.4, -0.2) is 45.6 Å². The summed E-state index contributed by atoms with van der Waals surface area (Å²) in [6, 6.07) is -5.56. The molecule has 10 heteroatoms. The second-order valence-electron chi connectivity index (χ2n) is 3.02. The summed E-state index contributed by atoms with van der Waals surface area (Å²) in [5.41, 5.74) is 0. The molecule has 1 heterocycles. The number of carboxylic acid groups (broad SMARTS) is 1. The first-order chi connectivity index (χ1) is 7.05. The first-order valence-corrected chi connectivity index (χ1v) is 3.96. The number of hydrazine groups is 1. The summed E-state index contributed by atoms with van der Waals surface area (Å²) in [6.07, 6.45) is 0. The fourth-order valence-electron chi connectivity index (χ4n) is 1.34. The van der Waals surface area contributed by atoms with E-state index in [0.717, 1.165) is 6.92 Å². The zero-order valence-corrected chi connectivity index (χ0v) is 7.72. The third-order valence-electron chi connectivity index (χ3n) is 2.18. The Bertz CT molecular complexity index is 324. The van der Waals surface area contributed by atoms with Crippen LogP contribution in [0.3, 0.4) is 0 Å². The Hall–Kier alpha value is -1.03. The van der Waals surface area contributed by atoms with E-state index in [1.807, 2.05) is 0 Å². The largest absolute Gasteiger partial charge is 0.478 e. The van der Waals surface area contributed by atoms with Gasteiger partial charge in [-0.25, -0.2) is 9.18 Å². The van der Waals surface area contributed by atoms with Crippen molar-refractivity contribution in [1.29, 1.82) is 0 Å². The van der Waals surface area contributed by atoms with E-state index in [4.69, 9.17) is 5.11 Å². The van der Waals surface area contributed by atoms with Gasteiger partial charge in [0.05, 0.1) is 0 Å². The third kappa shape index (κ3) is 1.11. The van der Waals surface area contributed by atoms with Crippen LogP contribution in [0.4, 0.5) is 26.4 Å². The van der Waals surface area contributed by atoms with Crippen molar-refractivity contribution >= 4 is 5.97 Å². The number of aliphatic carboxylic acids is 1. The van der Waals surface area contributed by atoms with Crippen molar-refractivity contribution in [3.8, 4) is 0 Å². The van der Waals surface area contributed by atoms with Crippen LogP contribution in [0.2, 0.25) is 0 Å². The monoisotopic (exact) mass is 252 g/mol. The Morgan fingerprint density at radius 1 is 1.25 bits per heavy atom. The second-order valence-corrected chi connectivity index (χ2v) is 3.02. The van der Waals surface area contributed by atoms with Crippen LogP contribution in [0.15, 0.2) is 0 Å². The minimum Gasteiger partial charge on any atom is -0.478 e. The zero-order valence-electron chi connectivity index (χ0n) is 7.72. The molecule has 0 aromatic carbocycles. The van der Waals surface area contributed by atoms with E-state index in [1.165, 1.54) is 0 Å². The molecule has 16 heavy (non-hydrogen) atoms. The van der Waals surface area contributed by atoms with E-state index in [9.17, 15) is 31.2 Å². The van der Waals surface area contributed by atoms with E-state index >= 15 is 0 Å². The van der Waals surface area contributed by atoms with Gasteiger partial charge in [-0.1, -0.05) is 6.92 Å². The second kappa shape index (κ2) is 3.23. The molecular formula is C6H6F6N2O2. The topological polar surface area (TPSA) is 43.8 Å². The van der Waals surface area contributed by atoms with Gasteiger partial charge in [0.25, 0.3) is 0 Å². The summed E-state index contributed by atoms with van der Waals surface area (Å²) in [4.78, 5) is 10.3. The summed E-state index contributed by atoms with van der Waals surface area (Å²) in [6.45, 7) is -0.161. The van der Waals surface area contributed by atoms with E-state index in [1.54, 1.807) is 0 Å². The number of halogens is 6. The van der Waals surface area contributed by atoms with E-state index in [0.29, 0.717) is 0 Å². The summed E-state index contributed by atoms with van der Waals surface area (Å²) < 4.78 is 77.3. The average Bonchev–Trinajstić information content (AvgIpc) is 2.25. The van der Waals surface area contributed by atoms with Gasteiger partial charge in [-0.15, -0.1) is 4.48 Å². The SMILES string of the molecule is CCN1N(F)C(F)(F)C(F)(F)C1(F)C(=O)O. The molecule has 94 valence electrons. The maximum Gasteiger partial charge on any atom is 0.411 e. The Kier molecular flexibility index (Phi) is 2.63. The molecule has 1 unspecified atom stereocenters. The zero-order chi connectivity index (χ0) is 12.9. The average molecular weight is 252 g/mol. The number of alkyl halides is 5. The first-order valence-electron chi connectivity index (χ1n) is 3.96. The predicted octanol–water partition coefficient (Wildman–Crippen LogP) is 1.40. The minimum absolute atomic E-state index is 0.849. The number of rotatable bonds is 2. The van der Waals surface area contributed by atoms with Crippen LogP contribution in [0.25, 0.3) is 0 Å². The van der Waals surface area contributed by atoms with E-state index in [2.05, 4.69) is 0 Å². The Balaban J connectivity index is 3.42. The van der Waals surface area contributed by atoms with Gasteiger partial charge in [0.1, 0.15) is 0 Å². The quantitative estimate of drug-likeness (QED) is 0.458. The molecule has 1 N–H and O–H groups in total. The molecule has 1 saturated heterocycles. The number of carboxylic acids is 1. The lowest BCUT2D eigenvalue weighted by Gasteiger charge is -2.27. The third-order valence-corrected chi connectivity index (χ3v) is 2.18. The highest BCUT2D eigenvalue weighted by atomic mass is 19.3. The fraction of sp³-hybridized carbons (Fsp3) is 0.833. The van der Waals surface area contributed by atoms with Gasteiger partial charge in [0, 0.05) is 11.8 Å². The van der Waals surface area contributed by atoms with Crippen LogP contribution in [0, 0.1) is 0 Å². The van der Waals surface area contributed by atoms with Gasteiger partial charge in [-0.05, 0) is 0 Å². The molecule has 0 amide bonds. The van der Waals surface area contributed by atoms with Gasteiger partial charge in [0.15, 0.2) is 0 Å². The van der Waals surface area contributed by atoms with Crippen molar-refractivity contribution in [2.45, 2.75) is 24.7 Å². The van der Waals surface area contributed by atoms with Gasteiger partial charge < -0.3 is 5.11 Å². The molecule has 0 aromatic rings. The van der Waals surface area contributed by atoms with Crippen molar-refractivity contribution < 1.29 is 36.3 Å². The van der Waals surface area contributed by atoms with Crippen molar-refractivity contribution in [2.24, 2.45) is 0 Å². The fourth-order valence-corrected chi connectivity index (χ4v) is 1.34. The van der Waals surface area contributed by atoms with Crippen LogP contribution in [-0.2, 0) is 4.79 Å². The Morgan fingerprint density at radius 2 is 1.69 bits per heavy atom. The first kappa shape index (κ1) is 13.0. The smallest absolute Gasteiger partial charge is 0.411 e. The maximum absolute atomic E-state index is 13.4. The highest BCUT2D eigenvalue weighted by Gasteiger charge is 2.87. The molecule has 1 aliphatic heterocycles. The molecule has 0 aromatic heterocycles. The summed E-state index contributed by atoms with van der Waals surface area (Å²) in [5.74, 6) is -13.4. The maximum atomic E-state index is 13.4. The Morgan fingerprint density at radius 3 is 1.94 bits per heavy atom. The van der Waals surface area contributed by atoms with E-state index in [-0.39, 0.29) is 0 Å². The lowest BCUT2D eigenvalue weighted by molar-refractivity contribution is -0.332. The number of carbonyl (C=O) groups is 1. The lowest BCUT2D eigenvalue weighted by atomic mass is 10.1. The van der Waals surface area contributed by atoms with Crippen LogP contribution in [0.5, 0.6) is 0 Å². The molecule has 0 spiro atoms. The number of nitrogens with zero attached hydrogens (tertiary/aromatic N) is 2. The minimum atomic E-state index is -5.71. The summed E-state index contributed by atoms with van der Waals surface area (Å²) in [7, 11) is 0. The molecule has 1 rings (SSSR count). The van der Waals surface area contributed by atoms with Crippen molar-refractivity contribution in [3.63, 3.8) is 0 Å². The molecule has 0 aliphatic carbocycles. The van der Waals surface area contributed by atoms with Crippen molar-refractivity contribution in [3.05, 3.63) is 0 Å². The molecule has 4 nitrogen and oxygen atoms in total. The van der Waals surface area contributed by atoms with Gasteiger partial charge in [-0.3, -0.25) is 0 Å². The molecule has 1 fully saturated rings. The van der Waals surface area contributed by atoms with Crippen LogP contribution in [0.1, 0.15) is 6.92 Å². The van der Waals surface area contributed by atoms with Crippen LogP contribution < -0.4 is 0 Å². The van der Waals surface area contributed by atoms with Crippen LogP contribution >= 0.6 is 0 Å². The molecule has 1 aliphatic rings. The number of likely N-dealkylation sites (N-methyl/N-ethyl adjacent to an activating group) is 1. The molecule has 0 saturated carbocycles. The van der Waals surface area contributed by atoms with Gasteiger partial charge >= 0.3 is 23.7 Å². The van der Waals surface area contributed by atoms with Gasteiger partial charge in [-0.2, -0.15) is 22.6 Å². The van der Waals surface area contributed by atoms with Crippen molar-refractivity contribution in [1.82, 2.24) is 10.2 Å². The molecule has 1 atom stereocenters. The van der Waals surface area contributed by atoms with Gasteiger partial charge in [0.2, 0.25) is 0 Å². The normalized spacial score (nSPS) is 34.2. The van der Waals surface area contributed by atoms with E-state index < -0.39 is 40.5 Å². The molecule has 0 bridgehead atoms. The Labute approximate surface area is 84.9 Å². The standard InChI is InChI=1S/C6H6F6N2O2/c1-2-13-4(7,3(15)16)5(8,9)6(10,11)14(13)12/h2H2,1H3,(H,15,16). The molecule has 0 radical (unpaired) electrons. The highest BCUT2D eigenvalue weighted by molar-refractivity contribution is 5.79. The predicted molar refractivity (Wildman–Crippen MR) is 36.7 cm³/mol. The molecular weight excluding hydrogens is 246 g/mol. The number of hydrogen-bond acceptors (Lipinski definition) is 3.